The van der Waals surface area contributed by atoms with E-state index in [0.29, 0.717) is 29.7 Å². The van der Waals surface area contributed by atoms with Crippen molar-refractivity contribution in [2.75, 3.05) is 39.5 Å². The Labute approximate surface area is 140 Å². The molecule has 1 aromatic carbocycles. The van der Waals surface area contributed by atoms with E-state index in [4.69, 9.17) is 14.2 Å². The second kappa shape index (κ2) is 8.37. The van der Waals surface area contributed by atoms with Crippen LogP contribution in [0.15, 0.2) is 36.7 Å². The fourth-order valence-corrected chi connectivity index (χ4v) is 2.30. The number of benzene rings is 1. The molecule has 0 bridgehead atoms. The largest absolute Gasteiger partial charge is 0.472 e. The van der Waals surface area contributed by atoms with Crippen LogP contribution in [0, 0.1) is 0 Å². The van der Waals surface area contributed by atoms with Gasteiger partial charge in [0, 0.05) is 37.6 Å². The predicted molar refractivity (Wildman–Crippen MR) is 86.7 cm³/mol. The lowest BCUT2D eigenvalue weighted by atomic mass is 10.2. The molecule has 0 saturated carbocycles. The Morgan fingerprint density at radius 2 is 1.79 bits per heavy atom. The molecule has 0 N–H and O–H groups in total. The van der Waals surface area contributed by atoms with Crippen LogP contribution in [0.4, 0.5) is 0 Å². The van der Waals surface area contributed by atoms with E-state index in [1.54, 1.807) is 36.7 Å². The molecule has 24 heavy (non-hydrogen) atoms. The van der Waals surface area contributed by atoms with Gasteiger partial charge in [-0.05, 0) is 24.3 Å². The molecule has 0 spiro atoms. The van der Waals surface area contributed by atoms with Crippen molar-refractivity contribution < 1.29 is 19.0 Å². The number of morpholine rings is 1. The van der Waals surface area contributed by atoms with Gasteiger partial charge in [-0.15, -0.1) is 0 Å². The summed E-state index contributed by atoms with van der Waals surface area (Å²) in [4.78, 5) is 21.3. The number of nitrogens with zero attached hydrogens (tertiary/aromatic N) is 3. The number of hydrogen-bond acceptors (Lipinski definition) is 7. The molecular formula is C17H19N3O4. The Kier molecular flexibility index (Phi) is 5.70. The molecule has 1 aromatic heterocycles. The molecule has 0 amide bonds. The monoisotopic (exact) mass is 329 g/mol. The topological polar surface area (TPSA) is 73.8 Å². The average molecular weight is 329 g/mol. The van der Waals surface area contributed by atoms with E-state index in [1.165, 1.54) is 0 Å². The SMILES string of the molecule is O=Cc1ccc(Oc2nccnc2OCCN2CCOCC2)cc1. The van der Waals surface area contributed by atoms with E-state index in [9.17, 15) is 4.79 Å². The highest BCUT2D eigenvalue weighted by Gasteiger charge is 2.12. The minimum Gasteiger partial charge on any atom is -0.472 e. The van der Waals surface area contributed by atoms with Crippen molar-refractivity contribution >= 4 is 6.29 Å². The summed E-state index contributed by atoms with van der Waals surface area (Å²) in [7, 11) is 0. The smallest absolute Gasteiger partial charge is 0.283 e. The molecule has 1 aliphatic rings. The van der Waals surface area contributed by atoms with Gasteiger partial charge in [0.1, 0.15) is 18.6 Å². The van der Waals surface area contributed by atoms with Crippen molar-refractivity contribution in [2.24, 2.45) is 0 Å². The molecule has 3 rings (SSSR count). The molecule has 0 atom stereocenters. The number of hydrogen-bond donors (Lipinski definition) is 0. The summed E-state index contributed by atoms with van der Waals surface area (Å²) >= 11 is 0. The molecule has 0 aliphatic carbocycles. The highest BCUT2D eigenvalue weighted by atomic mass is 16.5. The van der Waals surface area contributed by atoms with Crippen molar-refractivity contribution in [1.29, 1.82) is 0 Å². The summed E-state index contributed by atoms with van der Waals surface area (Å²) < 4.78 is 16.7. The molecular weight excluding hydrogens is 310 g/mol. The molecule has 1 aliphatic heterocycles. The summed E-state index contributed by atoms with van der Waals surface area (Å²) in [5.41, 5.74) is 0.587. The Hall–Kier alpha value is -2.51. The zero-order valence-electron chi connectivity index (χ0n) is 13.3. The van der Waals surface area contributed by atoms with Crippen molar-refractivity contribution in [1.82, 2.24) is 14.9 Å². The summed E-state index contributed by atoms with van der Waals surface area (Å²) in [6.07, 6.45) is 3.89. The first kappa shape index (κ1) is 16.4. The van der Waals surface area contributed by atoms with Crippen molar-refractivity contribution in [3.8, 4) is 17.5 Å². The number of aromatic nitrogens is 2. The second-order valence-electron chi connectivity index (χ2n) is 5.26. The standard InChI is InChI=1S/C17H19N3O4/c21-13-14-1-3-15(4-2-14)24-17-16(18-5-6-19-17)23-12-9-20-7-10-22-11-8-20/h1-6,13H,7-12H2. The van der Waals surface area contributed by atoms with Crippen LogP contribution in [0.3, 0.4) is 0 Å². The van der Waals surface area contributed by atoms with Gasteiger partial charge < -0.3 is 14.2 Å². The maximum atomic E-state index is 10.7. The van der Waals surface area contributed by atoms with Gasteiger partial charge in [-0.25, -0.2) is 9.97 Å². The zero-order valence-corrected chi connectivity index (χ0v) is 13.3. The van der Waals surface area contributed by atoms with Gasteiger partial charge in [0.2, 0.25) is 0 Å². The Morgan fingerprint density at radius 1 is 1.08 bits per heavy atom. The van der Waals surface area contributed by atoms with Crippen LogP contribution >= 0.6 is 0 Å². The molecule has 2 heterocycles. The first-order valence-electron chi connectivity index (χ1n) is 7.82. The average Bonchev–Trinajstić information content (AvgIpc) is 2.65. The Balaban J connectivity index is 1.58. The number of aldehydes is 1. The molecule has 7 heteroatoms. The normalized spacial score (nSPS) is 15.0. The van der Waals surface area contributed by atoms with E-state index in [2.05, 4.69) is 14.9 Å². The van der Waals surface area contributed by atoms with E-state index in [1.807, 2.05) is 0 Å². The zero-order chi connectivity index (χ0) is 16.6. The quantitative estimate of drug-likeness (QED) is 0.717. The molecule has 126 valence electrons. The van der Waals surface area contributed by atoms with Crippen LogP contribution in [0.1, 0.15) is 10.4 Å². The number of rotatable bonds is 7. The summed E-state index contributed by atoms with van der Waals surface area (Å²) in [5, 5.41) is 0. The van der Waals surface area contributed by atoms with Gasteiger partial charge in [-0.1, -0.05) is 0 Å². The van der Waals surface area contributed by atoms with Crippen LogP contribution in [0.25, 0.3) is 0 Å². The Morgan fingerprint density at radius 3 is 2.50 bits per heavy atom. The van der Waals surface area contributed by atoms with Gasteiger partial charge in [-0.3, -0.25) is 9.69 Å². The maximum absolute atomic E-state index is 10.7. The highest BCUT2D eigenvalue weighted by Crippen LogP contribution is 2.26. The minimum absolute atomic E-state index is 0.304. The van der Waals surface area contributed by atoms with Crippen LogP contribution < -0.4 is 9.47 Å². The van der Waals surface area contributed by atoms with Crippen molar-refractivity contribution in [2.45, 2.75) is 0 Å². The third kappa shape index (κ3) is 4.50. The molecule has 0 radical (unpaired) electrons. The minimum atomic E-state index is 0.304. The lowest BCUT2D eigenvalue weighted by Crippen LogP contribution is -2.38. The number of ether oxygens (including phenoxy) is 3. The van der Waals surface area contributed by atoms with E-state index >= 15 is 0 Å². The van der Waals surface area contributed by atoms with Crippen LogP contribution in [-0.4, -0.2) is 60.6 Å². The predicted octanol–water partition coefficient (Wildman–Crippen LogP) is 1.79. The highest BCUT2D eigenvalue weighted by molar-refractivity contribution is 5.74. The maximum Gasteiger partial charge on any atom is 0.283 e. The van der Waals surface area contributed by atoms with Crippen molar-refractivity contribution in [3.63, 3.8) is 0 Å². The van der Waals surface area contributed by atoms with Gasteiger partial charge in [0.25, 0.3) is 11.8 Å². The molecule has 2 aromatic rings. The molecule has 1 fully saturated rings. The molecule has 7 nitrogen and oxygen atoms in total. The third-order valence-corrected chi connectivity index (χ3v) is 3.61. The fraction of sp³-hybridized carbons (Fsp3) is 0.353. The van der Waals surface area contributed by atoms with E-state index in [-0.39, 0.29) is 0 Å². The lowest BCUT2D eigenvalue weighted by Gasteiger charge is -2.26. The Bertz CT molecular complexity index is 657. The third-order valence-electron chi connectivity index (χ3n) is 3.61. The van der Waals surface area contributed by atoms with Crippen LogP contribution in [-0.2, 0) is 4.74 Å². The van der Waals surface area contributed by atoms with E-state index in [0.717, 1.165) is 39.1 Å². The fourth-order valence-electron chi connectivity index (χ4n) is 2.30. The summed E-state index contributed by atoms with van der Waals surface area (Å²) in [6.45, 7) is 4.64. The van der Waals surface area contributed by atoms with Crippen LogP contribution in [0.5, 0.6) is 17.5 Å². The van der Waals surface area contributed by atoms with Gasteiger partial charge >= 0.3 is 0 Å². The summed E-state index contributed by atoms with van der Waals surface area (Å²) in [5.74, 6) is 1.22. The van der Waals surface area contributed by atoms with Crippen LogP contribution in [0.2, 0.25) is 0 Å². The molecule has 0 unspecified atom stereocenters. The molecule has 1 saturated heterocycles. The number of carbonyl (C=O) groups is 1. The first-order chi connectivity index (χ1) is 11.8. The van der Waals surface area contributed by atoms with Gasteiger partial charge in [0.15, 0.2) is 0 Å². The number of carbonyl (C=O) groups excluding carboxylic acids is 1. The van der Waals surface area contributed by atoms with E-state index < -0.39 is 0 Å². The second-order valence-corrected chi connectivity index (χ2v) is 5.26. The first-order valence-corrected chi connectivity index (χ1v) is 7.82. The lowest BCUT2D eigenvalue weighted by molar-refractivity contribution is 0.0318. The van der Waals surface area contributed by atoms with Gasteiger partial charge in [-0.2, -0.15) is 0 Å². The summed E-state index contributed by atoms with van der Waals surface area (Å²) in [6, 6.07) is 6.77. The van der Waals surface area contributed by atoms with Gasteiger partial charge in [0.05, 0.1) is 13.2 Å². The van der Waals surface area contributed by atoms with Crippen molar-refractivity contribution in [3.05, 3.63) is 42.2 Å².